The van der Waals surface area contributed by atoms with Crippen LogP contribution in [0.25, 0.3) is 0 Å². The molecule has 0 bridgehead atoms. The highest BCUT2D eigenvalue weighted by Crippen LogP contribution is 2.26. The van der Waals surface area contributed by atoms with Crippen molar-refractivity contribution in [2.45, 2.75) is 18.9 Å². The van der Waals surface area contributed by atoms with Crippen LogP contribution < -0.4 is 4.74 Å². The third-order valence-electron chi connectivity index (χ3n) is 1.56. The van der Waals surface area contributed by atoms with E-state index in [-0.39, 0.29) is 5.82 Å². The predicted molar refractivity (Wildman–Crippen MR) is 38.9 cm³/mol. The molecule has 1 fully saturated rings. The maximum atomic E-state index is 12.5. The van der Waals surface area contributed by atoms with Gasteiger partial charge in [-0.15, -0.1) is 0 Å². The Kier molecular flexibility index (Phi) is 1.53. The highest BCUT2D eigenvalue weighted by Gasteiger charge is 2.23. The zero-order valence-corrected chi connectivity index (χ0v) is 6.01. The summed E-state index contributed by atoms with van der Waals surface area (Å²) in [6.07, 6.45) is 2.53. The van der Waals surface area contributed by atoms with Crippen LogP contribution in [0.4, 0.5) is 4.39 Å². The molecular weight excluding hydrogens is 143 g/mol. The largest absolute Gasteiger partial charge is 0.490 e. The standard InChI is InChI=1S/C9H8FO/c10-7-2-1-3-9(6-7)11-8-4-5-8/h1,3,6,8H,4-5H2. The summed E-state index contributed by atoms with van der Waals surface area (Å²) in [6.45, 7) is 0. The second-order valence-corrected chi connectivity index (χ2v) is 2.69. The molecule has 1 saturated carbocycles. The highest BCUT2D eigenvalue weighted by atomic mass is 19.1. The summed E-state index contributed by atoms with van der Waals surface area (Å²) in [7, 11) is 0. The molecule has 0 spiro atoms. The first kappa shape index (κ1) is 6.65. The molecule has 1 aliphatic carbocycles. The first-order valence-electron chi connectivity index (χ1n) is 3.68. The molecule has 1 nitrogen and oxygen atoms in total. The van der Waals surface area contributed by atoms with Gasteiger partial charge in [-0.1, -0.05) is 0 Å². The Labute approximate surface area is 64.8 Å². The molecule has 1 radical (unpaired) electrons. The van der Waals surface area contributed by atoms with Gasteiger partial charge in [-0.05, 0) is 25.0 Å². The Morgan fingerprint density at radius 3 is 3.00 bits per heavy atom. The van der Waals surface area contributed by atoms with E-state index >= 15 is 0 Å². The zero-order valence-electron chi connectivity index (χ0n) is 6.01. The summed E-state index contributed by atoms with van der Waals surface area (Å²) in [4.78, 5) is 0. The van der Waals surface area contributed by atoms with E-state index in [0.717, 1.165) is 12.8 Å². The Morgan fingerprint density at radius 2 is 2.36 bits per heavy atom. The number of benzene rings is 1. The second-order valence-electron chi connectivity index (χ2n) is 2.69. The number of ether oxygens (including phenoxy) is 1. The molecular formula is C9H8FO. The molecule has 2 heteroatoms. The Morgan fingerprint density at radius 1 is 1.55 bits per heavy atom. The van der Waals surface area contributed by atoms with E-state index in [2.05, 4.69) is 6.07 Å². The third-order valence-corrected chi connectivity index (χ3v) is 1.56. The van der Waals surface area contributed by atoms with Crippen LogP contribution in [0, 0.1) is 11.9 Å². The van der Waals surface area contributed by atoms with E-state index in [1.807, 2.05) is 0 Å². The minimum atomic E-state index is -0.358. The minimum Gasteiger partial charge on any atom is -0.490 e. The van der Waals surface area contributed by atoms with Crippen molar-refractivity contribution in [3.05, 3.63) is 30.1 Å². The van der Waals surface area contributed by atoms with Gasteiger partial charge in [0.15, 0.2) is 0 Å². The smallest absolute Gasteiger partial charge is 0.134 e. The third kappa shape index (κ3) is 1.70. The van der Waals surface area contributed by atoms with Crippen LogP contribution in [0.1, 0.15) is 12.8 Å². The van der Waals surface area contributed by atoms with E-state index in [4.69, 9.17) is 4.74 Å². The zero-order chi connectivity index (χ0) is 7.68. The predicted octanol–water partition coefficient (Wildman–Crippen LogP) is 2.17. The monoisotopic (exact) mass is 151 g/mol. The fourth-order valence-electron chi connectivity index (χ4n) is 0.870. The van der Waals surface area contributed by atoms with Crippen molar-refractivity contribution in [2.75, 3.05) is 0 Å². The number of hydrogen-bond acceptors (Lipinski definition) is 1. The fourth-order valence-corrected chi connectivity index (χ4v) is 0.870. The van der Waals surface area contributed by atoms with Gasteiger partial charge in [-0.2, -0.15) is 0 Å². The molecule has 2 rings (SSSR count). The molecule has 57 valence electrons. The van der Waals surface area contributed by atoms with Crippen LogP contribution in [0.2, 0.25) is 0 Å². The Hall–Kier alpha value is -1.05. The summed E-state index contributed by atoms with van der Waals surface area (Å²) in [5.74, 6) is 0.256. The number of rotatable bonds is 2. The number of halogens is 1. The van der Waals surface area contributed by atoms with Gasteiger partial charge >= 0.3 is 0 Å². The SMILES string of the molecule is Fc1[c]ccc(OC2CC2)c1. The van der Waals surface area contributed by atoms with E-state index in [9.17, 15) is 4.39 Å². The molecule has 0 aliphatic heterocycles. The average molecular weight is 151 g/mol. The van der Waals surface area contributed by atoms with E-state index in [1.54, 1.807) is 6.07 Å². The molecule has 0 aromatic heterocycles. The topological polar surface area (TPSA) is 9.23 Å². The van der Waals surface area contributed by atoms with Crippen LogP contribution in [0.15, 0.2) is 18.2 Å². The van der Waals surface area contributed by atoms with E-state index in [1.165, 1.54) is 12.1 Å². The molecule has 1 aliphatic rings. The van der Waals surface area contributed by atoms with Gasteiger partial charge in [-0.3, -0.25) is 0 Å². The summed E-state index contributed by atoms with van der Waals surface area (Å²) >= 11 is 0. The van der Waals surface area contributed by atoms with Crippen molar-refractivity contribution in [2.24, 2.45) is 0 Å². The Bertz CT molecular complexity index is 255. The molecule has 0 amide bonds. The molecule has 0 heterocycles. The van der Waals surface area contributed by atoms with Gasteiger partial charge in [0, 0.05) is 12.1 Å². The lowest BCUT2D eigenvalue weighted by Crippen LogP contribution is -1.95. The lowest BCUT2D eigenvalue weighted by molar-refractivity contribution is 0.301. The van der Waals surface area contributed by atoms with Crippen LogP contribution in [-0.2, 0) is 0 Å². The molecule has 1 aromatic carbocycles. The maximum absolute atomic E-state index is 12.5. The minimum absolute atomic E-state index is 0.330. The van der Waals surface area contributed by atoms with Crippen LogP contribution in [0.5, 0.6) is 5.75 Å². The maximum Gasteiger partial charge on any atom is 0.134 e. The van der Waals surface area contributed by atoms with Gasteiger partial charge in [0.05, 0.1) is 6.10 Å². The van der Waals surface area contributed by atoms with Crippen LogP contribution >= 0.6 is 0 Å². The molecule has 11 heavy (non-hydrogen) atoms. The molecule has 0 N–H and O–H groups in total. The van der Waals surface area contributed by atoms with Crippen LogP contribution in [0.3, 0.4) is 0 Å². The quantitative estimate of drug-likeness (QED) is 0.629. The van der Waals surface area contributed by atoms with E-state index < -0.39 is 0 Å². The average Bonchev–Trinajstić information content (AvgIpc) is 2.71. The summed E-state index contributed by atoms with van der Waals surface area (Å²) in [6, 6.07) is 7.04. The van der Waals surface area contributed by atoms with E-state index in [0.29, 0.717) is 11.9 Å². The summed E-state index contributed by atoms with van der Waals surface area (Å²) in [5, 5.41) is 0. The Balaban J connectivity index is 2.10. The van der Waals surface area contributed by atoms with Crippen LogP contribution in [-0.4, -0.2) is 6.10 Å². The van der Waals surface area contributed by atoms with Gasteiger partial charge in [0.25, 0.3) is 0 Å². The molecule has 0 unspecified atom stereocenters. The lowest BCUT2D eigenvalue weighted by Gasteiger charge is -2.02. The van der Waals surface area contributed by atoms with Crippen molar-refractivity contribution >= 4 is 0 Å². The molecule has 0 atom stereocenters. The number of hydrogen-bond donors (Lipinski definition) is 0. The first-order chi connectivity index (χ1) is 5.34. The molecule has 0 saturated heterocycles. The van der Waals surface area contributed by atoms with Crippen molar-refractivity contribution in [3.8, 4) is 5.75 Å². The van der Waals surface area contributed by atoms with Gasteiger partial charge in [0.2, 0.25) is 0 Å². The van der Waals surface area contributed by atoms with Crippen molar-refractivity contribution in [3.63, 3.8) is 0 Å². The van der Waals surface area contributed by atoms with Gasteiger partial charge < -0.3 is 4.74 Å². The summed E-state index contributed by atoms with van der Waals surface area (Å²) in [5.41, 5.74) is 0. The lowest BCUT2D eigenvalue weighted by atomic mass is 10.3. The van der Waals surface area contributed by atoms with Crippen molar-refractivity contribution < 1.29 is 9.13 Å². The van der Waals surface area contributed by atoms with Crippen molar-refractivity contribution in [1.82, 2.24) is 0 Å². The van der Waals surface area contributed by atoms with Gasteiger partial charge in [0.1, 0.15) is 11.6 Å². The summed E-state index contributed by atoms with van der Waals surface area (Å²) < 4.78 is 17.8. The molecule has 1 aromatic rings. The first-order valence-corrected chi connectivity index (χ1v) is 3.68. The highest BCUT2D eigenvalue weighted by molar-refractivity contribution is 5.22. The fraction of sp³-hybridized carbons (Fsp3) is 0.333. The van der Waals surface area contributed by atoms with Gasteiger partial charge in [-0.25, -0.2) is 4.39 Å². The van der Waals surface area contributed by atoms with Crippen molar-refractivity contribution in [1.29, 1.82) is 0 Å². The second kappa shape index (κ2) is 2.53. The normalized spacial score (nSPS) is 16.5.